The molecule has 2 aromatic carbocycles. The predicted molar refractivity (Wildman–Crippen MR) is 98.9 cm³/mol. The van der Waals surface area contributed by atoms with Crippen molar-refractivity contribution in [3.8, 4) is 0 Å². The number of aromatic nitrogens is 5. The highest BCUT2D eigenvalue weighted by Crippen LogP contribution is 2.14. The lowest BCUT2D eigenvalue weighted by Crippen LogP contribution is -2.21. The minimum atomic E-state index is -0.196. The van der Waals surface area contributed by atoms with Gasteiger partial charge in [0.15, 0.2) is 0 Å². The van der Waals surface area contributed by atoms with Crippen LogP contribution in [0.25, 0.3) is 11.0 Å². The zero-order chi connectivity index (χ0) is 17.9. The summed E-state index contributed by atoms with van der Waals surface area (Å²) in [6.45, 7) is 0.610. The molecule has 4 aromatic rings. The fraction of sp³-hybridized carbons (Fsp3) is 0.111. The molecule has 8 heteroatoms. The number of fused-ring (bicyclic) bond motifs is 1. The molecule has 0 unspecified atom stereocenters. The second-order valence-corrected chi connectivity index (χ2v) is 6.22. The average molecular weight is 367 g/mol. The van der Waals surface area contributed by atoms with Gasteiger partial charge < -0.3 is 5.32 Å². The van der Waals surface area contributed by atoms with Gasteiger partial charge in [-0.15, -0.1) is 5.10 Å². The third-order valence-corrected chi connectivity index (χ3v) is 4.20. The number of halogens is 1. The monoisotopic (exact) mass is 366 g/mol. The number of rotatable bonds is 5. The third-order valence-electron chi connectivity index (χ3n) is 3.94. The molecule has 26 heavy (non-hydrogen) atoms. The lowest BCUT2D eigenvalue weighted by Gasteiger charge is -2.09. The predicted octanol–water partition coefficient (Wildman–Crippen LogP) is 2.97. The molecule has 0 saturated carbocycles. The Bertz CT molecular complexity index is 1050. The molecule has 0 spiro atoms. The number of nitrogens with zero attached hydrogens (tertiary/aromatic N) is 5. The number of carbonyl (C=O) groups excluding carboxylic acids is 1. The topological polar surface area (TPSA) is 77.6 Å². The minimum Gasteiger partial charge on any atom is -0.309 e. The number of benzene rings is 2. The maximum atomic E-state index is 12.4. The van der Waals surface area contributed by atoms with Gasteiger partial charge in [-0.2, -0.15) is 5.10 Å². The quantitative estimate of drug-likeness (QED) is 0.589. The summed E-state index contributed by atoms with van der Waals surface area (Å²) < 4.78 is 3.30. The zero-order valence-electron chi connectivity index (χ0n) is 13.7. The maximum absolute atomic E-state index is 12.4. The van der Waals surface area contributed by atoms with Gasteiger partial charge in [-0.3, -0.25) is 4.79 Å². The van der Waals surface area contributed by atoms with E-state index in [0.29, 0.717) is 17.4 Å². The number of hydrogen-bond acceptors (Lipinski definition) is 4. The SMILES string of the molecule is O=C(Cn1nnc2ccccc21)Nc1ccnn1Cc1ccc(Cl)cc1. The first-order chi connectivity index (χ1) is 12.7. The van der Waals surface area contributed by atoms with Gasteiger partial charge in [-0.1, -0.05) is 41.1 Å². The first-order valence-electron chi connectivity index (χ1n) is 8.03. The minimum absolute atomic E-state index is 0.0760. The molecule has 1 N–H and O–H groups in total. The van der Waals surface area contributed by atoms with Gasteiger partial charge in [0.05, 0.1) is 18.3 Å². The van der Waals surface area contributed by atoms with Crippen LogP contribution in [0.1, 0.15) is 5.56 Å². The standard InChI is InChI=1S/C18H15ClN6O/c19-14-7-5-13(6-8-14)11-25-17(9-10-20-25)21-18(26)12-24-16-4-2-1-3-15(16)22-23-24/h1-10H,11-12H2,(H,21,26). The average Bonchev–Trinajstić information content (AvgIpc) is 3.24. The van der Waals surface area contributed by atoms with E-state index in [9.17, 15) is 4.79 Å². The molecule has 130 valence electrons. The molecule has 0 aliphatic heterocycles. The Balaban J connectivity index is 1.46. The van der Waals surface area contributed by atoms with Crippen LogP contribution in [0.2, 0.25) is 5.02 Å². The maximum Gasteiger partial charge on any atom is 0.247 e. The van der Waals surface area contributed by atoms with E-state index in [1.54, 1.807) is 21.6 Å². The highest BCUT2D eigenvalue weighted by atomic mass is 35.5. The Labute approximate surface area is 154 Å². The molecule has 0 bridgehead atoms. The van der Waals surface area contributed by atoms with Crippen LogP contribution in [0, 0.1) is 0 Å². The van der Waals surface area contributed by atoms with E-state index in [2.05, 4.69) is 20.7 Å². The first kappa shape index (κ1) is 16.3. The summed E-state index contributed by atoms with van der Waals surface area (Å²) in [6.07, 6.45) is 1.65. The van der Waals surface area contributed by atoms with E-state index in [4.69, 9.17) is 11.6 Å². The molecule has 2 heterocycles. The van der Waals surface area contributed by atoms with E-state index in [1.807, 2.05) is 48.5 Å². The van der Waals surface area contributed by atoms with Crippen molar-refractivity contribution in [3.63, 3.8) is 0 Å². The van der Waals surface area contributed by atoms with Crippen LogP contribution < -0.4 is 5.32 Å². The van der Waals surface area contributed by atoms with Crippen molar-refractivity contribution < 1.29 is 4.79 Å². The van der Waals surface area contributed by atoms with Gasteiger partial charge in [-0.25, -0.2) is 9.36 Å². The van der Waals surface area contributed by atoms with Crippen molar-refractivity contribution in [1.29, 1.82) is 0 Å². The Hall–Kier alpha value is -3.19. The summed E-state index contributed by atoms with van der Waals surface area (Å²) in [7, 11) is 0. The van der Waals surface area contributed by atoms with Crippen LogP contribution in [0.15, 0.2) is 60.8 Å². The molecule has 4 rings (SSSR count). The Kier molecular flexibility index (Phi) is 4.37. The van der Waals surface area contributed by atoms with Gasteiger partial charge >= 0.3 is 0 Å². The highest BCUT2D eigenvalue weighted by Gasteiger charge is 2.11. The molecular formula is C18H15ClN6O. The Morgan fingerprint density at radius 2 is 1.85 bits per heavy atom. The van der Waals surface area contributed by atoms with E-state index in [0.717, 1.165) is 16.6 Å². The Morgan fingerprint density at radius 3 is 2.69 bits per heavy atom. The third kappa shape index (κ3) is 3.43. The van der Waals surface area contributed by atoms with E-state index in [-0.39, 0.29) is 12.5 Å². The fourth-order valence-corrected chi connectivity index (χ4v) is 2.81. The van der Waals surface area contributed by atoms with Gasteiger partial charge in [0, 0.05) is 11.1 Å². The fourth-order valence-electron chi connectivity index (χ4n) is 2.68. The summed E-state index contributed by atoms with van der Waals surface area (Å²) in [5.74, 6) is 0.424. The van der Waals surface area contributed by atoms with Crippen molar-refractivity contribution >= 4 is 34.4 Å². The summed E-state index contributed by atoms with van der Waals surface area (Å²) in [6, 6.07) is 16.8. The van der Waals surface area contributed by atoms with E-state index in [1.165, 1.54) is 0 Å². The lowest BCUT2D eigenvalue weighted by molar-refractivity contribution is -0.116. The first-order valence-corrected chi connectivity index (χ1v) is 8.41. The molecular weight excluding hydrogens is 352 g/mol. The largest absolute Gasteiger partial charge is 0.309 e. The van der Waals surface area contributed by atoms with Gasteiger partial charge in [0.25, 0.3) is 0 Å². The van der Waals surface area contributed by atoms with Crippen LogP contribution in [0.4, 0.5) is 5.82 Å². The van der Waals surface area contributed by atoms with Crippen molar-refractivity contribution in [3.05, 3.63) is 71.4 Å². The molecule has 7 nitrogen and oxygen atoms in total. The summed E-state index contributed by atoms with van der Waals surface area (Å²) in [5.41, 5.74) is 2.61. The lowest BCUT2D eigenvalue weighted by atomic mass is 10.2. The summed E-state index contributed by atoms with van der Waals surface area (Å²) in [4.78, 5) is 12.4. The van der Waals surface area contributed by atoms with E-state index >= 15 is 0 Å². The molecule has 0 fully saturated rings. The molecule has 1 amide bonds. The molecule has 2 aromatic heterocycles. The second-order valence-electron chi connectivity index (χ2n) is 5.78. The van der Waals surface area contributed by atoms with Crippen LogP contribution >= 0.6 is 11.6 Å². The number of amides is 1. The van der Waals surface area contributed by atoms with Crippen molar-refractivity contribution in [2.45, 2.75) is 13.1 Å². The number of carbonyl (C=O) groups is 1. The van der Waals surface area contributed by atoms with Crippen molar-refractivity contribution in [2.75, 3.05) is 5.32 Å². The second kappa shape index (κ2) is 6.97. The normalized spacial score (nSPS) is 11.0. The van der Waals surface area contributed by atoms with Gasteiger partial charge in [-0.05, 0) is 29.8 Å². The van der Waals surface area contributed by atoms with Crippen LogP contribution in [-0.2, 0) is 17.9 Å². The number of hydrogen-bond donors (Lipinski definition) is 1. The molecule has 0 radical (unpaired) electrons. The molecule has 0 aliphatic rings. The Morgan fingerprint density at radius 1 is 1.04 bits per heavy atom. The molecule has 0 aliphatic carbocycles. The number of anilines is 1. The summed E-state index contributed by atoms with van der Waals surface area (Å²) >= 11 is 5.91. The molecule has 0 saturated heterocycles. The van der Waals surface area contributed by atoms with Crippen LogP contribution in [-0.4, -0.2) is 30.7 Å². The van der Waals surface area contributed by atoms with Gasteiger partial charge in [0.2, 0.25) is 5.91 Å². The number of nitrogens with one attached hydrogen (secondary N) is 1. The smallest absolute Gasteiger partial charge is 0.247 e. The number of para-hydroxylation sites is 1. The van der Waals surface area contributed by atoms with Crippen molar-refractivity contribution in [2.24, 2.45) is 0 Å². The zero-order valence-corrected chi connectivity index (χ0v) is 14.5. The van der Waals surface area contributed by atoms with Gasteiger partial charge in [0.1, 0.15) is 17.9 Å². The van der Waals surface area contributed by atoms with Crippen LogP contribution in [0.3, 0.4) is 0 Å². The highest BCUT2D eigenvalue weighted by molar-refractivity contribution is 6.30. The van der Waals surface area contributed by atoms with Crippen LogP contribution in [0.5, 0.6) is 0 Å². The van der Waals surface area contributed by atoms with Crippen molar-refractivity contribution in [1.82, 2.24) is 24.8 Å². The summed E-state index contributed by atoms with van der Waals surface area (Å²) in [5, 5.41) is 15.9. The molecule has 0 atom stereocenters. The van der Waals surface area contributed by atoms with E-state index < -0.39 is 0 Å².